The fraction of sp³-hybridized carbons (Fsp3) is 0.450. The van der Waals surface area contributed by atoms with E-state index in [0.29, 0.717) is 12.1 Å². The van der Waals surface area contributed by atoms with Crippen LogP contribution in [0.15, 0.2) is 30.6 Å². The topological polar surface area (TPSA) is 46.1 Å². The van der Waals surface area contributed by atoms with Crippen molar-refractivity contribution in [3.63, 3.8) is 0 Å². The van der Waals surface area contributed by atoms with Gasteiger partial charge < -0.3 is 4.90 Å². The average molecular weight is 407 g/mol. The Kier molecular flexibility index (Phi) is 2.75. The lowest BCUT2D eigenvalue weighted by molar-refractivity contribution is 0.0389. The number of hydrogen-bond donors (Lipinski definition) is 0. The molecule has 0 unspecified atom stereocenters. The van der Waals surface area contributed by atoms with Crippen LogP contribution < -0.4 is 0 Å². The van der Waals surface area contributed by atoms with Crippen LogP contribution in [0.4, 0.5) is 8.78 Å². The number of nitrogens with zero attached hydrogens (tertiary/aromatic N) is 3. The molecule has 1 aromatic heterocycles. The van der Waals surface area contributed by atoms with Gasteiger partial charge in [-0.25, -0.2) is 18.7 Å². The molecule has 1 amide bonds. The number of aromatic nitrogens is 2. The highest BCUT2D eigenvalue weighted by atomic mass is 35.5. The minimum Gasteiger partial charge on any atom is -0.338 e. The first-order chi connectivity index (χ1) is 17.9. The molecule has 2 heterocycles. The number of alkyl halides is 1. The molecule has 1 aliphatic heterocycles. The molecule has 7 heteroatoms. The van der Waals surface area contributed by atoms with Crippen molar-refractivity contribution in [1.82, 2.24) is 14.9 Å². The smallest absolute Gasteiger partial charge is 0.253 e. The van der Waals surface area contributed by atoms with Gasteiger partial charge in [-0.2, -0.15) is 0 Å². The number of rotatable bonds is 5. The van der Waals surface area contributed by atoms with Crippen molar-refractivity contribution in [2.24, 2.45) is 0 Å². The van der Waals surface area contributed by atoms with Crippen LogP contribution in [0.1, 0.15) is 65.1 Å². The van der Waals surface area contributed by atoms with Crippen LogP contribution in [-0.4, -0.2) is 39.4 Å². The molecule has 1 aliphatic rings. The number of aryl methyl sites for hydroxylation is 2. The Morgan fingerprint density at radius 1 is 1.41 bits per heavy atom. The van der Waals surface area contributed by atoms with Gasteiger partial charge in [0, 0.05) is 55.2 Å². The van der Waals surface area contributed by atoms with Gasteiger partial charge in [0.2, 0.25) is 0 Å². The molecule has 0 radical (unpaired) electrons. The summed E-state index contributed by atoms with van der Waals surface area (Å²) in [4.78, 5) is 20.2. The molecule has 0 spiro atoms. The van der Waals surface area contributed by atoms with Gasteiger partial charge in [-0.3, -0.25) is 4.79 Å². The van der Waals surface area contributed by atoms with Crippen LogP contribution in [0.2, 0.25) is 5.02 Å². The first kappa shape index (κ1) is 8.95. The number of benzene rings is 1. The van der Waals surface area contributed by atoms with Gasteiger partial charge in [-0.15, -0.1) is 0 Å². The van der Waals surface area contributed by atoms with Crippen molar-refractivity contribution < 1.29 is 31.4 Å². The van der Waals surface area contributed by atoms with Crippen molar-refractivity contribution >= 4 is 17.5 Å². The fourth-order valence-electron chi connectivity index (χ4n) is 2.10. The van der Waals surface area contributed by atoms with Crippen molar-refractivity contribution in [3.8, 4) is 0 Å². The zero-order valence-corrected chi connectivity index (χ0v) is 14.4. The molecule has 0 saturated carbocycles. The Labute approximate surface area is 180 Å². The first-order valence-corrected chi connectivity index (χ1v) is 8.06. The second kappa shape index (κ2) is 8.30. The molecule has 1 fully saturated rings. The van der Waals surface area contributed by atoms with Crippen molar-refractivity contribution in [1.29, 1.82) is 0 Å². The summed E-state index contributed by atoms with van der Waals surface area (Å²) in [6.45, 7) is -10.6. The molecule has 0 aliphatic carbocycles. The van der Waals surface area contributed by atoms with E-state index in [-0.39, 0.29) is 11.4 Å². The van der Waals surface area contributed by atoms with E-state index in [1.165, 1.54) is 0 Å². The number of carbonyl (C=O) groups excluding carboxylic acids is 1. The van der Waals surface area contributed by atoms with E-state index in [1.54, 1.807) is 0 Å². The number of halogens is 3. The van der Waals surface area contributed by atoms with Gasteiger partial charge in [-0.1, -0.05) is 11.6 Å². The van der Waals surface area contributed by atoms with Gasteiger partial charge in [0.15, 0.2) is 0 Å². The predicted octanol–water partition coefficient (Wildman–Crippen LogP) is 4.54. The summed E-state index contributed by atoms with van der Waals surface area (Å²) in [6.07, 6.45) is -12.0. The maximum Gasteiger partial charge on any atom is 0.253 e. The van der Waals surface area contributed by atoms with Crippen molar-refractivity contribution in [2.75, 3.05) is 13.0 Å². The Morgan fingerprint density at radius 3 is 2.74 bits per heavy atom. The minimum atomic E-state index is -4.57. The summed E-state index contributed by atoms with van der Waals surface area (Å²) in [5.74, 6) is -2.93. The lowest BCUT2D eigenvalue weighted by atomic mass is 9.88. The van der Waals surface area contributed by atoms with Gasteiger partial charge >= 0.3 is 0 Å². The standard InChI is InChI=1S/C20H22ClF2N3O/c1-14-12-24-18(25-13-14)3-2-6-20(23)7-9-26(10-8-20)19(27)15-4-5-17(22)16(21)11-15/h4-5,11-13H,2-3,6-10H2,1H3/i1D3,6D2,7D2,8D2,9D2,10D2. The summed E-state index contributed by atoms with van der Waals surface area (Å²) in [5, 5.41) is -0.639. The molecule has 27 heavy (non-hydrogen) atoms. The third-order valence-corrected chi connectivity index (χ3v) is 3.76. The van der Waals surface area contributed by atoms with E-state index < -0.39 is 84.7 Å². The van der Waals surface area contributed by atoms with E-state index >= 15 is 4.39 Å². The predicted molar refractivity (Wildman–Crippen MR) is 100 cm³/mol. The molecule has 1 saturated heterocycles. The lowest BCUT2D eigenvalue weighted by Gasteiger charge is -2.36. The molecule has 4 nitrogen and oxygen atoms in total. The molecule has 1 aromatic carbocycles. The highest BCUT2D eigenvalue weighted by Gasteiger charge is 2.35. The van der Waals surface area contributed by atoms with Crippen LogP contribution >= 0.6 is 11.6 Å². The Morgan fingerprint density at radius 2 is 2.11 bits per heavy atom. The molecular formula is C20H22ClF2N3O. The van der Waals surface area contributed by atoms with E-state index in [4.69, 9.17) is 29.4 Å². The summed E-state index contributed by atoms with van der Waals surface area (Å²) >= 11 is 5.64. The molecule has 0 N–H and O–H groups in total. The van der Waals surface area contributed by atoms with E-state index in [0.717, 1.165) is 18.5 Å². The number of carbonyl (C=O) groups is 1. The van der Waals surface area contributed by atoms with Crippen molar-refractivity contribution in [2.45, 2.75) is 44.5 Å². The van der Waals surface area contributed by atoms with E-state index in [2.05, 4.69) is 9.97 Å². The van der Waals surface area contributed by atoms with Crippen LogP contribution in [0, 0.1) is 12.7 Å². The number of amides is 1. The highest BCUT2D eigenvalue weighted by molar-refractivity contribution is 6.31. The average Bonchev–Trinajstić information content (AvgIpc) is 2.82. The first-order valence-electron chi connectivity index (χ1n) is 14.2. The molecule has 3 rings (SSSR count). The monoisotopic (exact) mass is 406 g/mol. The Balaban J connectivity index is 2.08. The Hall–Kier alpha value is -2.08. The summed E-state index contributed by atoms with van der Waals surface area (Å²) in [6, 6.07) is 2.11. The number of hydrogen-bond acceptors (Lipinski definition) is 3. The normalized spacial score (nSPS) is 32.0. The summed E-state index contributed by atoms with van der Waals surface area (Å²) in [7, 11) is 0. The second-order valence-corrected chi connectivity index (χ2v) is 5.87. The van der Waals surface area contributed by atoms with Crippen LogP contribution in [0.5, 0.6) is 0 Å². The van der Waals surface area contributed by atoms with Gasteiger partial charge in [0.1, 0.15) is 17.3 Å². The fourth-order valence-corrected chi connectivity index (χ4v) is 2.28. The third-order valence-electron chi connectivity index (χ3n) is 3.47. The highest BCUT2D eigenvalue weighted by Crippen LogP contribution is 2.32. The summed E-state index contributed by atoms with van der Waals surface area (Å²) in [5.41, 5.74) is -5.50. The minimum absolute atomic E-state index is 0.228. The molecule has 2 aromatic rings. The Bertz CT molecular complexity index is 1280. The van der Waals surface area contributed by atoms with Crippen LogP contribution in [0.25, 0.3) is 0 Å². The second-order valence-electron chi connectivity index (χ2n) is 5.47. The summed E-state index contributed by atoms with van der Waals surface area (Å²) < 4.78 is 136. The molecule has 0 bridgehead atoms. The lowest BCUT2D eigenvalue weighted by Crippen LogP contribution is -2.44. The SMILES string of the molecule is [2H]C([2H])([2H])c1cnc(CCC([2H])([2H])C2(F)C([2H])([2H])C([2H])([2H])N(C(=O)c3ccc(F)c(Cl)c3)C([2H])([2H])C2([2H])[2H])nc1. The number of likely N-dealkylation sites (tertiary alicyclic amines) is 1. The third kappa shape index (κ3) is 5.01. The number of piperidine rings is 1. The molecule has 144 valence electrons. The van der Waals surface area contributed by atoms with E-state index in [1.807, 2.05) is 0 Å². The van der Waals surface area contributed by atoms with Crippen LogP contribution in [0.3, 0.4) is 0 Å². The van der Waals surface area contributed by atoms with Crippen molar-refractivity contribution in [3.05, 3.63) is 58.4 Å². The largest absolute Gasteiger partial charge is 0.338 e. The van der Waals surface area contributed by atoms with E-state index in [9.17, 15) is 9.18 Å². The molecule has 0 atom stereocenters. The maximum absolute atomic E-state index is 16.8. The van der Waals surface area contributed by atoms with Gasteiger partial charge in [-0.05, 0) is 56.2 Å². The zero-order chi connectivity index (χ0) is 30.9. The molecular weight excluding hydrogens is 372 g/mol. The zero-order valence-electron chi connectivity index (χ0n) is 26.7. The van der Waals surface area contributed by atoms with Gasteiger partial charge in [0.05, 0.1) is 5.02 Å². The van der Waals surface area contributed by atoms with Crippen LogP contribution in [-0.2, 0) is 6.42 Å². The quantitative estimate of drug-likeness (QED) is 0.732. The van der Waals surface area contributed by atoms with Gasteiger partial charge in [0.25, 0.3) is 5.91 Å². The maximum atomic E-state index is 16.8.